The summed E-state index contributed by atoms with van der Waals surface area (Å²) in [5.41, 5.74) is 0.738. The summed E-state index contributed by atoms with van der Waals surface area (Å²) in [6.07, 6.45) is 6.23. The SMILES string of the molecule is CN=C(NCCCc1ccc(Br)cc1F)NCCCn1cccn1. The van der Waals surface area contributed by atoms with Gasteiger partial charge in [0.1, 0.15) is 5.82 Å². The maximum absolute atomic E-state index is 13.7. The Balaban J connectivity index is 1.61. The zero-order valence-electron chi connectivity index (χ0n) is 13.8. The van der Waals surface area contributed by atoms with E-state index < -0.39 is 0 Å². The van der Waals surface area contributed by atoms with Gasteiger partial charge in [0.2, 0.25) is 0 Å². The quantitative estimate of drug-likeness (QED) is 0.410. The molecule has 1 heterocycles. The second-order valence-electron chi connectivity index (χ2n) is 5.39. The van der Waals surface area contributed by atoms with Gasteiger partial charge in [-0.15, -0.1) is 0 Å². The van der Waals surface area contributed by atoms with Crippen molar-refractivity contribution in [3.8, 4) is 0 Å². The molecule has 0 unspecified atom stereocenters. The van der Waals surface area contributed by atoms with Crippen molar-refractivity contribution in [1.82, 2.24) is 20.4 Å². The number of halogens is 2. The molecule has 2 N–H and O–H groups in total. The van der Waals surface area contributed by atoms with Crippen LogP contribution in [-0.4, -0.2) is 35.9 Å². The molecule has 0 bridgehead atoms. The number of rotatable bonds is 8. The Hall–Kier alpha value is -1.89. The van der Waals surface area contributed by atoms with Crippen LogP contribution < -0.4 is 10.6 Å². The standard InChI is InChI=1S/C17H23BrFN5/c1-20-17(22-9-3-11-24-12-4-10-23-24)21-8-2-5-14-6-7-15(18)13-16(14)19/h4,6-7,10,12-13H,2-3,5,8-9,11H2,1H3,(H2,20,21,22). The minimum atomic E-state index is -0.162. The van der Waals surface area contributed by atoms with Gasteiger partial charge in [-0.1, -0.05) is 22.0 Å². The predicted molar refractivity (Wildman–Crippen MR) is 98.6 cm³/mol. The molecule has 7 heteroatoms. The van der Waals surface area contributed by atoms with Crippen molar-refractivity contribution >= 4 is 21.9 Å². The van der Waals surface area contributed by atoms with Crippen molar-refractivity contribution < 1.29 is 4.39 Å². The number of nitrogens with zero attached hydrogens (tertiary/aromatic N) is 3. The van der Waals surface area contributed by atoms with Crippen LogP contribution >= 0.6 is 15.9 Å². The van der Waals surface area contributed by atoms with Crippen LogP contribution in [0.1, 0.15) is 18.4 Å². The summed E-state index contributed by atoms with van der Waals surface area (Å²) in [6.45, 7) is 2.44. The number of aryl methyl sites for hydroxylation is 2. The summed E-state index contributed by atoms with van der Waals surface area (Å²) in [7, 11) is 1.75. The van der Waals surface area contributed by atoms with E-state index in [0.29, 0.717) is 6.42 Å². The van der Waals surface area contributed by atoms with E-state index in [2.05, 4.69) is 36.7 Å². The lowest BCUT2D eigenvalue weighted by molar-refractivity contribution is 0.569. The summed E-state index contributed by atoms with van der Waals surface area (Å²) < 4.78 is 16.4. The van der Waals surface area contributed by atoms with Crippen molar-refractivity contribution in [1.29, 1.82) is 0 Å². The van der Waals surface area contributed by atoms with E-state index in [1.165, 1.54) is 6.07 Å². The highest BCUT2D eigenvalue weighted by Crippen LogP contribution is 2.16. The lowest BCUT2D eigenvalue weighted by Crippen LogP contribution is -2.38. The maximum atomic E-state index is 13.7. The molecule has 24 heavy (non-hydrogen) atoms. The largest absolute Gasteiger partial charge is 0.356 e. The van der Waals surface area contributed by atoms with Crippen LogP contribution in [0.4, 0.5) is 4.39 Å². The molecule has 0 fully saturated rings. The zero-order chi connectivity index (χ0) is 17.2. The molecular formula is C17H23BrFN5. The first kappa shape index (κ1) is 18.4. The number of hydrogen-bond acceptors (Lipinski definition) is 2. The Labute approximate surface area is 150 Å². The molecule has 0 saturated carbocycles. The minimum Gasteiger partial charge on any atom is -0.356 e. The van der Waals surface area contributed by atoms with Crippen molar-refractivity contribution in [2.24, 2.45) is 4.99 Å². The fourth-order valence-corrected chi connectivity index (χ4v) is 2.64. The van der Waals surface area contributed by atoms with Gasteiger partial charge in [0, 0.05) is 43.5 Å². The van der Waals surface area contributed by atoms with Gasteiger partial charge in [-0.2, -0.15) is 5.10 Å². The van der Waals surface area contributed by atoms with E-state index in [1.54, 1.807) is 13.2 Å². The second kappa shape index (κ2) is 10.1. The van der Waals surface area contributed by atoms with Crippen LogP contribution in [0.15, 0.2) is 46.1 Å². The van der Waals surface area contributed by atoms with Gasteiger partial charge in [0.05, 0.1) is 0 Å². The third-order valence-corrected chi connectivity index (χ3v) is 4.06. The van der Waals surface area contributed by atoms with Gasteiger partial charge in [0.25, 0.3) is 0 Å². The molecule has 130 valence electrons. The van der Waals surface area contributed by atoms with Crippen LogP contribution in [0.5, 0.6) is 0 Å². The molecule has 2 aromatic rings. The third kappa shape index (κ3) is 6.31. The summed E-state index contributed by atoms with van der Waals surface area (Å²) >= 11 is 3.27. The Morgan fingerprint density at radius 2 is 2.08 bits per heavy atom. The van der Waals surface area contributed by atoms with Gasteiger partial charge >= 0.3 is 0 Å². The smallest absolute Gasteiger partial charge is 0.190 e. The third-order valence-electron chi connectivity index (χ3n) is 3.57. The lowest BCUT2D eigenvalue weighted by atomic mass is 10.1. The highest BCUT2D eigenvalue weighted by atomic mass is 79.9. The van der Waals surface area contributed by atoms with Crippen LogP contribution in [0.25, 0.3) is 0 Å². The average molecular weight is 396 g/mol. The number of hydrogen-bond donors (Lipinski definition) is 2. The topological polar surface area (TPSA) is 54.2 Å². The van der Waals surface area contributed by atoms with Crippen LogP contribution in [0.2, 0.25) is 0 Å². The molecule has 0 amide bonds. The molecule has 1 aromatic carbocycles. The minimum absolute atomic E-state index is 0.162. The number of aliphatic imine (C=N–C) groups is 1. The van der Waals surface area contributed by atoms with Crippen LogP contribution in [0, 0.1) is 5.82 Å². The van der Waals surface area contributed by atoms with E-state index >= 15 is 0 Å². The number of nitrogens with one attached hydrogen (secondary N) is 2. The molecule has 0 radical (unpaired) electrons. The highest BCUT2D eigenvalue weighted by molar-refractivity contribution is 9.10. The molecule has 0 aliphatic heterocycles. The van der Waals surface area contributed by atoms with E-state index in [0.717, 1.165) is 48.5 Å². The summed E-state index contributed by atoms with van der Waals surface area (Å²) in [5, 5.41) is 10.7. The Morgan fingerprint density at radius 3 is 2.75 bits per heavy atom. The normalized spacial score (nSPS) is 11.5. The van der Waals surface area contributed by atoms with E-state index in [9.17, 15) is 4.39 Å². The number of aromatic nitrogens is 2. The van der Waals surface area contributed by atoms with Crippen molar-refractivity contribution in [3.63, 3.8) is 0 Å². The van der Waals surface area contributed by atoms with Crippen molar-refractivity contribution in [3.05, 3.63) is 52.5 Å². The fraction of sp³-hybridized carbons (Fsp3) is 0.412. The van der Waals surface area contributed by atoms with Crippen molar-refractivity contribution in [2.75, 3.05) is 20.1 Å². The Bertz CT molecular complexity index is 642. The molecule has 0 aliphatic rings. The number of benzene rings is 1. The molecule has 0 saturated heterocycles. The molecule has 0 spiro atoms. The second-order valence-corrected chi connectivity index (χ2v) is 6.30. The first-order valence-electron chi connectivity index (χ1n) is 8.05. The lowest BCUT2D eigenvalue weighted by Gasteiger charge is -2.12. The fourth-order valence-electron chi connectivity index (χ4n) is 2.31. The monoisotopic (exact) mass is 395 g/mol. The van der Waals surface area contributed by atoms with Gasteiger partial charge in [0.15, 0.2) is 5.96 Å². The molecule has 0 aliphatic carbocycles. The van der Waals surface area contributed by atoms with Gasteiger partial charge < -0.3 is 10.6 Å². The Morgan fingerprint density at radius 1 is 1.29 bits per heavy atom. The van der Waals surface area contributed by atoms with Crippen molar-refractivity contribution in [2.45, 2.75) is 25.8 Å². The Kier molecular flexibility index (Phi) is 7.74. The summed E-state index contributed by atoms with van der Waals surface area (Å²) in [4.78, 5) is 4.19. The van der Waals surface area contributed by atoms with Gasteiger partial charge in [-0.05, 0) is 43.0 Å². The molecule has 0 atom stereocenters. The number of guanidine groups is 1. The summed E-state index contributed by atoms with van der Waals surface area (Å²) in [6, 6.07) is 7.11. The molecule has 2 rings (SSSR count). The van der Waals surface area contributed by atoms with E-state index in [1.807, 2.05) is 29.1 Å². The van der Waals surface area contributed by atoms with Gasteiger partial charge in [-0.25, -0.2) is 4.39 Å². The predicted octanol–water partition coefficient (Wildman–Crippen LogP) is 2.97. The first-order valence-corrected chi connectivity index (χ1v) is 8.84. The summed E-state index contributed by atoms with van der Waals surface area (Å²) in [5.74, 6) is 0.609. The highest BCUT2D eigenvalue weighted by Gasteiger charge is 2.03. The molecule has 1 aromatic heterocycles. The molecular weight excluding hydrogens is 373 g/mol. The van der Waals surface area contributed by atoms with Crippen LogP contribution in [0.3, 0.4) is 0 Å². The average Bonchev–Trinajstić information content (AvgIpc) is 3.08. The zero-order valence-corrected chi connectivity index (χ0v) is 15.4. The first-order chi connectivity index (χ1) is 11.7. The molecule has 5 nitrogen and oxygen atoms in total. The van der Waals surface area contributed by atoms with E-state index in [-0.39, 0.29) is 5.82 Å². The van der Waals surface area contributed by atoms with Gasteiger partial charge in [-0.3, -0.25) is 9.67 Å². The van der Waals surface area contributed by atoms with E-state index in [4.69, 9.17) is 0 Å². The maximum Gasteiger partial charge on any atom is 0.190 e. The van der Waals surface area contributed by atoms with Crippen LogP contribution in [-0.2, 0) is 13.0 Å².